The Morgan fingerprint density at radius 3 is 2.55 bits per heavy atom. The van der Waals surface area contributed by atoms with Gasteiger partial charge in [0, 0.05) is 18.1 Å². The van der Waals surface area contributed by atoms with E-state index in [4.69, 9.17) is 5.11 Å². The van der Waals surface area contributed by atoms with Crippen molar-refractivity contribution >= 4 is 31.9 Å². The molecule has 20 heavy (non-hydrogen) atoms. The second-order valence-corrected chi connectivity index (χ2v) is 7.18. The smallest absolute Gasteiger partial charge is 0.338 e. The minimum Gasteiger partial charge on any atom is -0.478 e. The summed E-state index contributed by atoms with van der Waals surface area (Å²) in [6, 6.07) is 2.10. The Hall–Kier alpha value is -0.990. The first-order chi connectivity index (χ1) is 9.21. The fraction of sp³-hybridized carbons (Fsp3) is 0.417. The highest BCUT2D eigenvalue weighted by atomic mass is 79.9. The zero-order valence-electron chi connectivity index (χ0n) is 11.1. The van der Waals surface area contributed by atoms with E-state index in [9.17, 15) is 17.6 Å². The van der Waals surface area contributed by atoms with E-state index in [1.54, 1.807) is 0 Å². The largest absolute Gasteiger partial charge is 0.478 e. The molecule has 0 saturated heterocycles. The molecule has 0 unspecified atom stereocenters. The number of hydrogen-bond acceptors (Lipinski definition) is 3. The molecular weight excluding hydrogens is 353 g/mol. The van der Waals surface area contributed by atoms with Crippen LogP contribution in [-0.4, -0.2) is 37.4 Å². The molecule has 112 valence electrons. The summed E-state index contributed by atoms with van der Waals surface area (Å²) in [5.41, 5.74) is -0.679. The van der Waals surface area contributed by atoms with Crippen molar-refractivity contribution < 1.29 is 22.7 Å². The van der Waals surface area contributed by atoms with E-state index in [1.165, 1.54) is 7.05 Å². The number of rotatable bonds is 6. The third-order valence-corrected chi connectivity index (χ3v) is 5.06. The summed E-state index contributed by atoms with van der Waals surface area (Å²) in [5.74, 6) is -2.76. The highest BCUT2D eigenvalue weighted by Gasteiger charge is 2.28. The molecule has 0 spiro atoms. The van der Waals surface area contributed by atoms with Gasteiger partial charge in [-0.15, -0.1) is 0 Å². The van der Waals surface area contributed by atoms with E-state index in [0.717, 1.165) is 22.9 Å². The Kier molecular flexibility index (Phi) is 5.67. The molecule has 1 aromatic rings. The minimum absolute atomic E-state index is 0.193. The molecule has 0 bridgehead atoms. The Bertz CT molecular complexity index is 618. The molecule has 1 aromatic carbocycles. The lowest BCUT2D eigenvalue weighted by molar-refractivity contribution is 0.0691. The third kappa shape index (κ3) is 3.56. The minimum atomic E-state index is -4.06. The standard InChI is InChI=1S/C12H15BrFNO4S/c1-3-4-5-15(2)20(18,19)10-7-8(13)6-9(11(10)14)12(16)17/h6-7H,3-5H2,1-2H3,(H,16,17). The number of nitrogens with zero attached hydrogens (tertiary/aromatic N) is 1. The van der Waals surface area contributed by atoms with Crippen LogP contribution in [0.4, 0.5) is 4.39 Å². The topological polar surface area (TPSA) is 74.7 Å². The lowest BCUT2D eigenvalue weighted by Crippen LogP contribution is -2.29. The Balaban J connectivity index is 3.35. The third-order valence-electron chi connectivity index (χ3n) is 2.75. The maximum Gasteiger partial charge on any atom is 0.338 e. The van der Waals surface area contributed by atoms with E-state index >= 15 is 0 Å². The molecule has 0 aliphatic rings. The van der Waals surface area contributed by atoms with Crippen LogP contribution >= 0.6 is 15.9 Å². The van der Waals surface area contributed by atoms with E-state index in [1.807, 2.05) is 6.92 Å². The van der Waals surface area contributed by atoms with Crippen LogP contribution in [0.1, 0.15) is 30.1 Å². The van der Waals surface area contributed by atoms with Gasteiger partial charge < -0.3 is 5.11 Å². The summed E-state index contributed by atoms with van der Waals surface area (Å²) in [6.07, 6.45) is 1.43. The molecule has 1 rings (SSSR count). The van der Waals surface area contributed by atoms with E-state index in [0.29, 0.717) is 6.42 Å². The van der Waals surface area contributed by atoms with Crippen LogP contribution in [0, 0.1) is 5.82 Å². The molecule has 0 amide bonds. The lowest BCUT2D eigenvalue weighted by atomic mass is 10.2. The normalized spacial score (nSPS) is 11.8. The molecule has 0 aromatic heterocycles. The van der Waals surface area contributed by atoms with Crippen molar-refractivity contribution in [2.75, 3.05) is 13.6 Å². The predicted molar refractivity (Wildman–Crippen MR) is 75.8 cm³/mol. The van der Waals surface area contributed by atoms with E-state index < -0.39 is 32.3 Å². The highest BCUT2D eigenvalue weighted by molar-refractivity contribution is 9.10. The Labute approximate surface area is 125 Å². The van der Waals surface area contributed by atoms with Crippen molar-refractivity contribution in [2.24, 2.45) is 0 Å². The second kappa shape index (κ2) is 6.64. The fourth-order valence-corrected chi connectivity index (χ4v) is 3.50. The number of hydrogen-bond donors (Lipinski definition) is 1. The van der Waals surface area contributed by atoms with Gasteiger partial charge >= 0.3 is 5.97 Å². The van der Waals surface area contributed by atoms with Crippen molar-refractivity contribution in [3.8, 4) is 0 Å². The number of benzene rings is 1. The van der Waals surface area contributed by atoms with Crippen molar-refractivity contribution in [1.82, 2.24) is 4.31 Å². The first-order valence-electron chi connectivity index (χ1n) is 5.90. The zero-order chi connectivity index (χ0) is 15.5. The number of sulfonamides is 1. The summed E-state index contributed by atoms with van der Waals surface area (Å²) in [6.45, 7) is 2.15. The molecule has 0 radical (unpaired) electrons. The van der Waals surface area contributed by atoms with Crippen LogP contribution in [0.25, 0.3) is 0 Å². The quantitative estimate of drug-likeness (QED) is 0.838. The van der Waals surface area contributed by atoms with Crippen LogP contribution < -0.4 is 0 Å². The van der Waals surface area contributed by atoms with Gasteiger partial charge in [-0.25, -0.2) is 21.9 Å². The van der Waals surface area contributed by atoms with Gasteiger partial charge in [-0.3, -0.25) is 0 Å². The van der Waals surface area contributed by atoms with Crippen molar-refractivity contribution in [2.45, 2.75) is 24.7 Å². The zero-order valence-corrected chi connectivity index (χ0v) is 13.5. The van der Waals surface area contributed by atoms with E-state index in [-0.39, 0.29) is 11.0 Å². The van der Waals surface area contributed by atoms with Crippen molar-refractivity contribution in [1.29, 1.82) is 0 Å². The Morgan fingerprint density at radius 2 is 2.05 bits per heavy atom. The van der Waals surface area contributed by atoms with Crippen LogP contribution in [-0.2, 0) is 10.0 Å². The molecule has 0 aliphatic carbocycles. The van der Waals surface area contributed by atoms with Gasteiger partial charge in [0.1, 0.15) is 4.90 Å². The average Bonchev–Trinajstić information content (AvgIpc) is 2.37. The van der Waals surface area contributed by atoms with Crippen molar-refractivity contribution in [3.05, 3.63) is 28.0 Å². The molecule has 0 heterocycles. The number of carboxylic acid groups (broad SMARTS) is 1. The van der Waals surface area contributed by atoms with Gasteiger partial charge in [0.05, 0.1) is 5.56 Å². The predicted octanol–water partition coefficient (Wildman–Crippen LogP) is 2.71. The van der Waals surface area contributed by atoms with Gasteiger partial charge in [-0.2, -0.15) is 0 Å². The van der Waals surface area contributed by atoms with Gasteiger partial charge in [-0.1, -0.05) is 29.3 Å². The van der Waals surface area contributed by atoms with E-state index in [2.05, 4.69) is 15.9 Å². The molecule has 8 heteroatoms. The monoisotopic (exact) mass is 367 g/mol. The molecular formula is C12H15BrFNO4S. The first-order valence-corrected chi connectivity index (χ1v) is 8.13. The van der Waals surface area contributed by atoms with Crippen LogP contribution in [0.2, 0.25) is 0 Å². The molecule has 0 fully saturated rings. The highest BCUT2D eigenvalue weighted by Crippen LogP contribution is 2.26. The summed E-state index contributed by atoms with van der Waals surface area (Å²) in [4.78, 5) is 10.3. The maximum atomic E-state index is 14.1. The van der Waals surface area contributed by atoms with Crippen LogP contribution in [0.3, 0.4) is 0 Å². The number of carboxylic acids is 1. The lowest BCUT2D eigenvalue weighted by Gasteiger charge is -2.18. The summed E-state index contributed by atoms with van der Waals surface area (Å²) in [5, 5.41) is 8.89. The number of halogens is 2. The number of aromatic carboxylic acids is 1. The summed E-state index contributed by atoms with van der Waals surface area (Å²) >= 11 is 3.00. The molecule has 1 N–H and O–H groups in total. The summed E-state index contributed by atoms with van der Waals surface area (Å²) < 4.78 is 39.8. The molecule has 0 aliphatic heterocycles. The first kappa shape index (κ1) is 17.1. The molecule has 5 nitrogen and oxygen atoms in total. The molecule has 0 atom stereocenters. The summed E-state index contributed by atoms with van der Waals surface area (Å²) in [7, 11) is -2.72. The van der Waals surface area contributed by atoms with Gasteiger partial charge in [-0.05, 0) is 18.6 Å². The average molecular weight is 368 g/mol. The van der Waals surface area contributed by atoms with Crippen LogP contribution in [0.5, 0.6) is 0 Å². The maximum absolute atomic E-state index is 14.1. The molecule has 0 saturated carbocycles. The van der Waals surface area contributed by atoms with Crippen molar-refractivity contribution in [3.63, 3.8) is 0 Å². The van der Waals surface area contributed by atoms with Gasteiger partial charge in [0.2, 0.25) is 10.0 Å². The number of unbranched alkanes of at least 4 members (excludes halogenated alkanes) is 1. The SMILES string of the molecule is CCCCN(C)S(=O)(=O)c1cc(Br)cc(C(=O)O)c1F. The fourth-order valence-electron chi connectivity index (χ4n) is 1.58. The number of carbonyl (C=O) groups is 1. The van der Waals surface area contributed by atoms with Crippen LogP contribution in [0.15, 0.2) is 21.5 Å². The Morgan fingerprint density at radius 1 is 1.45 bits per heavy atom. The van der Waals surface area contributed by atoms with Gasteiger partial charge in [0.25, 0.3) is 0 Å². The van der Waals surface area contributed by atoms with Gasteiger partial charge in [0.15, 0.2) is 5.82 Å². The second-order valence-electron chi connectivity index (χ2n) is 4.25.